The largest absolute Gasteiger partial charge is 0.468 e. The molecule has 0 aliphatic heterocycles. The van der Waals surface area contributed by atoms with E-state index < -0.39 is 35.2 Å². The van der Waals surface area contributed by atoms with Crippen LogP contribution in [-0.2, 0) is 28.6 Å². The molecule has 0 aromatic carbocycles. The first-order valence-corrected chi connectivity index (χ1v) is 6.06. The quantitative estimate of drug-likeness (QED) is 0.541. The Hall–Kier alpha value is -1.77. The van der Waals surface area contributed by atoms with Crippen molar-refractivity contribution in [2.75, 3.05) is 20.4 Å². The first kappa shape index (κ1) is 17.2. The maximum absolute atomic E-state index is 11.4. The lowest BCUT2D eigenvalue weighted by Gasteiger charge is -2.10. The van der Waals surface area contributed by atoms with E-state index in [4.69, 9.17) is 0 Å². The third-order valence-electron chi connectivity index (χ3n) is 1.72. The number of amides is 1. The number of methoxy groups -OCH3 is 1. The fraction of sp³-hybridized carbons (Fsp3) is 0.600. The molecule has 0 aromatic heterocycles. The second kappa shape index (κ2) is 9.20. The van der Waals surface area contributed by atoms with Gasteiger partial charge in [0.1, 0.15) is 6.54 Å². The highest BCUT2D eigenvalue weighted by Crippen LogP contribution is 2.13. The van der Waals surface area contributed by atoms with E-state index in [0.29, 0.717) is 11.8 Å². The number of rotatable bonds is 6. The van der Waals surface area contributed by atoms with E-state index in [1.165, 1.54) is 21.0 Å². The van der Waals surface area contributed by atoms with E-state index in [-0.39, 0.29) is 6.54 Å². The van der Waals surface area contributed by atoms with Crippen molar-refractivity contribution in [2.24, 2.45) is 0 Å². The summed E-state index contributed by atoms with van der Waals surface area (Å²) in [4.78, 5) is 43.8. The van der Waals surface area contributed by atoms with Crippen molar-refractivity contribution in [2.45, 2.75) is 19.1 Å². The monoisotopic (exact) mass is 293 g/mol. The van der Waals surface area contributed by atoms with Gasteiger partial charge in [0.2, 0.25) is 12.7 Å². The van der Waals surface area contributed by atoms with Gasteiger partial charge in [-0.25, -0.2) is 4.79 Å². The Morgan fingerprint density at radius 1 is 1.21 bits per heavy atom. The van der Waals surface area contributed by atoms with Crippen LogP contribution in [0.1, 0.15) is 13.8 Å². The molecule has 9 heteroatoms. The van der Waals surface area contributed by atoms with Crippen LogP contribution < -0.4 is 5.32 Å². The zero-order chi connectivity index (χ0) is 14.8. The van der Waals surface area contributed by atoms with Crippen molar-refractivity contribution < 1.29 is 33.4 Å². The second-order valence-electron chi connectivity index (χ2n) is 3.20. The average Bonchev–Trinajstić information content (AvgIpc) is 2.34. The minimum Gasteiger partial charge on any atom is -0.468 e. The van der Waals surface area contributed by atoms with E-state index >= 15 is 0 Å². The summed E-state index contributed by atoms with van der Waals surface area (Å²) in [6.45, 7) is 1.86. The van der Waals surface area contributed by atoms with Gasteiger partial charge in [0.05, 0.1) is 12.4 Å². The van der Waals surface area contributed by atoms with Crippen LogP contribution in [0.15, 0.2) is 0 Å². The van der Waals surface area contributed by atoms with Crippen molar-refractivity contribution >= 4 is 34.9 Å². The summed E-state index contributed by atoms with van der Waals surface area (Å²) in [5.41, 5.74) is 0. The summed E-state index contributed by atoms with van der Waals surface area (Å²) in [5, 5.41) is 0.768. The number of carbonyl (C=O) groups is 4. The fourth-order valence-corrected chi connectivity index (χ4v) is 1.36. The number of hydrogen-bond donors (Lipinski definition) is 1. The Bertz CT molecular complexity index is 358. The van der Waals surface area contributed by atoms with E-state index in [1.54, 1.807) is 0 Å². The lowest BCUT2D eigenvalue weighted by Crippen LogP contribution is -2.35. The molecule has 0 aliphatic rings. The van der Waals surface area contributed by atoms with E-state index in [1.807, 2.05) is 0 Å². The minimum absolute atomic E-state index is 0.275. The van der Waals surface area contributed by atoms with E-state index in [0.717, 1.165) is 0 Å². The molecule has 0 radical (unpaired) electrons. The Morgan fingerprint density at radius 3 is 2.37 bits per heavy atom. The molecule has 1 amide bonds. The van der Waals surface area contributed by atoms with Gasteiger partial charge in [0.15, 0.2) is 0 Å². The van der Waals surface area contributed by atoms with Crippen LogP contribution in [0.4, 0.5) is 4.79 Å². The fourth-order valence-electron chi connectivity index (χ4n) is 0.768. The predicted molar refractivity (Wildman–Crippen MR) is 65.2 cm³/mol. The maximum atomic E-state index is 11.4. The molecule has 8 nitrogen and oxygen atoms in total. The van der Waals surface area contributed by atoms with Gasteiger partial charge >= 0.3 is 17.2 Å². The number of thioether (sulfide) groups is 1. The molecule has 0 saturated carbocycles. The zero-order valence-electron chi connectivity index (χ0n) is 10.8. The summed E-state index contributed by atoms with van der Waals surface area (Å²) < 4.78 is 13.3. The molecule has 0 heterocycles. The summed E-state index contributed by atoms with van der Waals surface area (Å²) >= 11 is 0.602. The number of ether oxygens (including phenoxy) is 3. The summed E-state index contributed by atoms with van der Waals surface area (Å²) in [5.74, 6) is -1.69. The second-order valence-corrected chi connectivity index (χ2v) is 4.48. The molecule has 108 valence electrons. The summed E-state index contributed by atoms with van der Waals surface area (Å²) in [7, 11) is 1.19. The van der Waals surface area contributed by atoms with Crippen molar-refractivity contribution in [1.82, 2.24) is 5.32 Å². The molecule has 0 saturated heterocycles. The highest BCUT2D eigenvalue weighted by atomic mass is 32.2. The molecule has 1 unspecified atom stereocenters. The van der Waals surface area contributed by atoms with Crippen molar-refractivity contribution in [1.29, 1.82) is 0 Å². The van der Waals surface area contributed by atoms with Gasteiger partial charge in [-0.2, -0.15) is 0 Å². The van der Waals surface area contributed by atoms with E-state index in [9.17, 15) is 19.2 Å². The minimum atomic E-state index is -0.762. The van der Waals surface area contributed by atoms with Crippen LogP contribution in [0, 0.1) is 0 Å². The van der Waals surface area contributed by atoms with Gasteiger partial charge < -0.3 is 19.5 Å². The molecular formula is C10H15NO7S. The third-order valence-corrected chi connectivity index (χ3v) is 2.59. The lowest BCUT2D eigenvalue weighted by molar-refractivity contribution is -0.148. The van der Waals surface area contributed by atoms with Gasteiger partial charge in [0, 0.05) is 6.92 Å². The number of esters is 2. The first-order valence-electron chi connectivity index (χ1n) is 5.18. The van der Waals surface area contributed by atoms with Gasteiger partial charge in [-0.3, -0.25) is 14.4 Å². The SMILES string of the molecule is COC(=O)CNC(=O)C(C)SC(=O)OCOC(C)=O. The van der Waals surface area contributed by atoms with Crippen LogP contribution in [0.2, 0.25) is 0 Å². The Balaban J connectivity index is 3.91. The van der Waals surface area contributed by atoms with Crippen LogP contribution >= 0.6 is 11.8 Å². The number of carbonyl (C=O) groups excluding carboxylic acids is 4. The van der Waals surface area contributed by atoms with Crippen LogP contribution in [0.3, 0.4) is 0 Å². The Kier molecular flexibility index (Phi) is 8.34. The summed E-state index contributed by atoms with van der Waals surface area (Å²) in [6, 6.07) is 0. The zero-order valence-corrected chi connectivity index (χ0v) is 11.6. The standard InChI is InChI=1S/C10H15NO7S/c1-6(9(14)11-4-8(13)16-3)19-10(15)18-5-17-7(2)12/h6H,4-5H2,1-3H3,(H,11,14). The molecule has 19 heavy (non-hydrogen) atoms. The van der Waals surface area contributed by atoms with E-state index in [2.05, 4.69) is 19.5 Å². The molecule has 0 rings (SSSR count). The highest BCUT2D eigenvalue weighted by Gasteiger charge is 2.19. The molecule has 1 N–H and O–H groups in total. The molecule has 1 atom stereocenters. The highest BCUT2D eigenvalue weighted by molar-refractivity contribution is 8.14. The number of nitrogens with one attached hydrogen (secondary N) is 1. The normalized spacial score (nSPS) is 11.1. The molecule has 0 aliphatic carbocycles. The summed E-state index contributed by atoms with van der Waals surface area (Å²) in [6.07, 6.45) is 0. The van der Waals surface area contributed by atoms with Crippen LogP contribution in [0.5, 0.6) is 0 Å². The molecular weight excluding hydrogens is 278 g/mol. The lowest BCUT2D eigenvalue weighted by atomic mass is 10.4. The molecule has 0 fully saturated rings. The average molecular weight is 293 g/mol. The topological polar surface area (TPSA) is 108 Å². The Morgan fingerprint density at radius 2 is 1.84 bits per heavy atom. The first-order chi connectivity index (χ1) is 8.86. The molecule has 0 spiro atoms. The molecule has 0 bridgehead atoms. The number of hydrogen-bond acceptors (Lipinski definition) is 8. The van der Waals surface area contributed by atoms with Gasteiger partial charge in [-0.15, -0.1) is 0 Å². The van der Waals surface area contributed by atoms with Crippen molar-refractivity contribution in [3.8, 4) is 0 Å². The predicted octanol–water partition coefficient (Wildman–Crippen LogP) is 0.0545. The Labute approximate surface area is 114 Å². The smallest absolute Gasteiger partial charge is 0.370 e. The molecule has 0 aromatic rings. The van der Waals surface area contributed by atoms with Crippen LogP contribution in [-0.4, -0.2) is 48.8 Å². The van der Waals surface area contributed by atoms with Crippen molar-refractivity contribution in [3.05, 3.63) is 0 Å². The van der Waals surface area contributed by atoms with Gasteiger partial charge in [0.25, 0.3) is 0 Å². The van der Waals surface area contributed by atoms with Gasteiger partial charge in [-0.05, 0) is 18.7 Å². The van der Waals surface area contributed by atoms with Gasteiger partial charge in [-0.1, -0.05) is 0 Å². The maximum Gasteiger partial charge on any atom is 0.370 e. The van der Waals surface area contributed by atoms with Crippen molar-refractivity contribution in [3.63, 3.8) is 0 Å². The third kappa shape index (κ3) is 8.89. The van der Waals surface area contributed by atoms with Crippen LogP contribution in [0.25, 0.3) is 0 Å².